The molecule has 1 aromatic carbocycles. The SMILES string of the molecule is CC(=O)Nc1ccc(F)c(C(=O)NC(C)C(C)C(=O)O)c1. The van der Waals surface area contributed by atoms with Crippen LogP contribution in [0.5, 0.6) is 0 Å². The number of nitrogens with one attached hydrogen (secondary N) is 2. The Hall–Kier alpha value is -2.44. The minimum absolute atomic E-state index is 0.259. The van der Waals surface area contributed by atoms with Crippen molar-refractivity contribution in [3.63, 3.8) is 0 Å². The molecule has 21 heavy (non-hydrogen) atoms. The number of aliphatic carboxylic acids is 1. The molecule has 0 saturated carbocycles. The molecule has 1 rings (SSSR count). The number of halogens is 1. The molecule has 0 aliphatic heterocycles. The van der Waals surface area contributed by atoms with Crippen molar-refractivity contribution in [1.82, 2.24) is 5.32 Å². The van der Waals surface area contributed by atoms with Crippen LogP contribution in [0.15, 0.2) is 18.2 Å². The highest BCUT2D eigenvalue weighted by Crippen LogP contribution is 2.15. The van der Waals surface area contributed by atoms with Crippen molar-refractivity contribution >= 4 is 23.5 Å². The first-order chi connectivity index (χ1) is 9.72. The van der Waals surface area contributed by atoms with Gasteiger partial charge in [0.2, 0.25) is 5.91 Å². The zero-order chi connectivity index (χ0) is 16.2. The van der Waals surface area contributed by atoms with Crippen LogP contribution in [0, 0.1) is 11.7 Å². The molecule has 0 bridgehead atoms. The van der Waals surface area contributed by atoms with Crippen LogP contribution in [0.4, 0.5) is 10.1 Å². The van der Waals surface area contributed by atoms with Gasteiger partial charge in [0.1, 0.15) is 5.82 Å². The van der Waals surface area contributed by atoms with Gasteiger partial charge in [-0.15, -0.1) is 0 Å². The minimum Gasteiger partial charge on any atom is -0.481 e. The highest BCUT2D eigenvalue weighted by molar-refractivity contribution is 5.97. The van der Waals surface area contributed by atoms with Gasteiger partial charge in [0.25, 0.3) is 5.91 Å². The quantitative estimate of drug-likeness (QED) is 0.769. The van der Waals surface area contributed by atoms with Crippen LogP contribution in [-0.2, 0) is 9.59 Å². The minimum atomic E-state index is -1.06. The van der Waals surface area contributed by atoms with Crippen LogP contribution < -0.4 is 10.6 Å². The topological polar surface area (TPSA) is 95.5 Å². The summed E-state index contributed by atoms with van der Waals surface area (Å²) in [6.07, 6.45) is 0. The van der Waals surface area contributed by atoms with Gasteiger partial charge in [0.15, 0.2) is 0 Å². The van der Waals surface area contributed by atoms with Crippen LogP contribution in [0.3, 0.4) is 0 Å². The van der Waals surface area contributed by atoms with E-state index in [-0.39, 0.29) is 17.2 Å². The molecule has 0 saturated heterocycles. The van der Waals surface area contributed by atoms with Crippen molar-refractivity contribution in [2.24, 2.45) is 5.92 Å². The molecule has 114 valence electrons. The molecule has 0 aliphatic carbocycles. The highest BCUT2D eigenvalue weighted by Gasteiger charge is 2.22. The molecule has 0 heterocycles. The van der Waals surface area contributed by atoms with Crippen LogP contribution in [0.1, 0.15) is 31.1 Å². The normalized spacial score (nSPS) is 13.1. The number of benzene rings is 1. The molecule has 7 heteroatoms. The van der Waals surface area contributed by atoms with Crippen molar-refractivity contribution in [3.05, 3.63) is 29.6 Å². The first kappa shape index (κ1) is 16.6. The number of hydrogen-bond donors (Lipinski definition) is 3. The Morgan fingerprint density at radius 1 is 1.24 bits per heavy atom. The molecule has 0 spiro atoms. The summed E-state index contributed by atoms with van der Waals surface area (Å²) in [6.45, 7) is 4.25. The number of hydrogen-bond acceptors (Lipinski definition) is 3. The van der Waals surface area contributed by atoms with Gasteiger partial charge in [0.05, 0.1) is 11.5 Å². The van der Waals surface area contributed by atoms with Crippen molar-refractivity contribution in [2.45, 2.75) is 26.8 Å². The Morgan fingerprint density at radius 2 is 1.86 bits per heavy atom. The van der Waals surface area contributed by atoms with Crippen molar-refractivity contribution in [1.29, 1.82) is 0 Å². The van der Waals surface area contributed by atoms with E-state index < -0.39 is 29.7 Å². The zero-order valence-electron chi connectivity index (χ0n) is 11.9. The fourth-order valence-corrected chi connectivity index (χ4v) is 1.60. The van der Waals surface area contributed by atoms with E-state index in [1.807, 2.05) is 0 Å². The zero-order valence-corrected chi connectivity index (χ0v) is 11.9. The summed E-state index contributed by atoms with van der Waals surface area (Å²) in [7, 11) is 0. The average molecular weight is 296 g/mol. The van der Waals surface area contributed by atoms with Gasteiger partial charge < -0.3 is 15.7 Å². The van der Waals surface area contributed by atoms with E-state index in [2.05, 4.69) is 10.6 Å². The molecule has 2 amide bonds. The summed E-state index contributed by atoms with van der Waals surface area (Å²) >= 11 is 0. The molecule has 6 nitrogen and oxygen atoms in total. The predicted octanol–water partition coefficient (Wildman–Crippen LogP) is 1.62. The van der Waals surface area contributed by atoms with E-state index in [1.165, 1.54) is 32.9 Å². The molecule has 2 atom stereocenters. The number of anilines is 1. The lowest BCUT2D eigenvalue weighted by atomic mass is 10.0. The van der Waals surface area contributed by atoms with Gasteiger partial charge in [-0.3, -0.25) is 14.4 Å². The second-order valence-electron chi connectivity index (χ2n) is 4.76. The first-order valence-electron chi connectivity index (χ1n) is 6.33. The van der Waals surface area contributed by atoms with E-state index in [4.69, 9.17) is 5.11 Å². The van der Waals surface area contributed by atoms with E-state index in [0.29, 0.717) is 0 Å². The summed E-state index contributed by atoms with van der Waals surface area (Å²) in [5.41, 5.74) is 0.0266. The van der Waals surface area contributed by atoms with Crippen molar-refractivity contribution < 1.29 is 23.9 Å². The maximum absolute atomic E-state index is 13.7. The molecular weight excluding hydrogens is 279 g/mol. The van der Waals surface area contributed by atoms with Gasteiger partial charge in [-0.1, -0.05) is 0 Å². The first-order valence-corrected chi connectivity index (χ1v) is 6.33. The molecule has 3 N–H and O–H groups in total. The third kappa shape index (κ3) is 4.55. The van der Waals surface area contributed by atoms with Gasteiger partial charge in [-0.25, -0.2) is 4.39 Å². The summed E-state index contributed by atoms with van der Waals surface area (Å²) in [6, 6.07) is 2.92. The fraction of sp³-hybridized carbons (Fsp3) is 0.357. The maximum atomic E-state index is 13.7. The van der Waals surface area contributed by atoms with E-state index in [9.17, 15) is 18.8 Å². The van der Waals surface area contributed by atoms with Crippen LogP contribution in [0.25, 0.3) is 0 Å². The largest absolute Gasteiger partial charge is 0.481 e. The van der Waals surface area contributed by atoms with E-state index in [0.717, 1.165) is 6.07 Å². The Kier molecular flexibility index (Phi) is 5.40. The summed E-state index contributed by atoms with van der Waals surface area (Å²) in [5, 5.41) is 13.7. The summed E-state index contributed by atoms with van der Waals surface area (Å²) in [4.78, 5) is 33.8. The number of amides is 2. The van der Waals surface area contributed by atoms with Crippen LogP contribution >= 0.6 is 0 Å². The molecule has 0 aromatic heterocycles. The number of carboxylic acid groups (broad SMARTS) is 1. The summed E-state index contributed by atoms with van der Waals surface area (Å²) < 4.78 is 13.7. The fourth-order valence-electron chi connectivity index (χ4n) is 1.60. The average Bonchev–Trinajstić information content (AvgIpc) is 2.39. The smallest absolute Gasteiger partial charge is 0.308 e. The number of carbonyl (C=O) groups excluding carboxylic acids is 2. The van der Waals surface area contributed by atoms with Crippen molar-refractivity contribution in [2.75, 3.05) is 5.32 Å². The molecule has 0 fully saturated rings. The van der Waals surface area contributed by atoms with E-state index >= 15 is 0 Å². The molecule has 0 radical (unpaired) electrons. The lowest BCUT2D eigenvalue weighted by molar-refractivity contribution is -0.141. The third-order valence-corrected chi connectivity index (χ3v) is 3.03. The van der Waals surface area contributed by atoms with E-state index in [1.54, 1.807) is 0 Å². The predicted molar refractivity (Wildman–Crippen MR) is 74.4 cm³/mol. The Morgan fingerprint density at radius 3 is 2.38 bits per heavy atom. The Bertz CT molecular complexity index is 574. The van der Waals surface area contributed by atoms with Gasteiger partial charge in [-0.05, 0) is 32.0 Å². The van der Waals surface area contributed by atoms with Gasteiger partial charge in [0, 0.05) is 18.7 Å². The molecule has 1 aromatic rings. The third-order valence-electron chi connectivity index (χ3n) is 3.03. The number of carboxylic acids is 1. The Labute approximate surface area is 121 Å². The number of rotatable bonds is 5. The van der Waals surface area contributed by atoms with Gasteiger partial charge in [-0.2, -0.15) is 0 Å². The molecular formula is C14H17FN2O4. The lowest BCUT2D eigenvalue weighted by Crippen LogP contribution is -2.40. The number of carbonyl (C=O) groups is 3. The molecule has 2 unspecified atom stereocenters. The monoisotopic (exact) mass is 296 g/mol. The van der Waals surface area contributed by atoms with Crippen molar-refractivity contribution in [3.8, 4) is 0 Å². The Balaban J connectivity index is 2.91. The second-order valence-corrected chi connectivity index (χ2v) is 4.76. The summed E-state index contributed by atoms with van der Waals surface area (Å²) in [5.74, 6) is -3.70. The highest BCUT2D eigenvalue weighted by atomic mass is 19.1. The van der Waals surface area contributed by atoms with Crippen LogP contribution in [0.2, 0.25) is 0 Å². The second kappa shape index (κ2) is 6.83. The van der Waals surface area contributed by atoms with Crippen LogP contribution in [-0.4, -0.2) is 28.9 Å². The lowest BCUT2D eigenvalue weighted by Gasteiger charge is -2.18. The molecule has 0 aliphatic rings. The maximum Gasteiger partial charge on any atom is 0.308 e. The van der Waals surface area contributed by atoms with Gasteiger partial charge >= 0.3 is 5.97 Å². The standard InChI is InChI=1S/C14H17FN2O4/c1-7(14(20)21)8(2)16-13(19)11-6-10(17-9(3)18)4-5-12(11)15/h4-8H,1-3H3,(H,16,19)(H,17,18)(H,20,21).